The van der Waals surface area contributed by atoms with Crippen LogP contribution < -0.4 is 4.87 Å². The van der Waals surface area contributed by atoms with Gasteiger partial charge in [0.1, 0.15) is 0 Å². The van der Waals surface area contributed by atoms with Crippen LogP contribution in [0.5, 0.6) is 0 Å². The number of benzene rings is 1. The molecule has 3 aromatic rings. The van der Waals surface area contributed by atoms with Crippen molar-refractivity contribution in [2.24, 2.45) is 0 Å². The summed E-state index contributed by atoms with van der Waals surface area (Å²) in [7, 11) is 0. The fourth-order valence-corrected chi connectivity index (χ4v) is 3.04. The maximum atomic E-state index is 11.1. The quantitative estimate of drug-likeness (QED) is 0.703. The number of halogens is 1. The van der Waals surface area contributed by atoms with Gasteiger partial charge >= 0.3 is 4.87 Å². The summed E-state index contributed by atoms with van der Waals surface area (Å²) in [5.74, 6) is 0. The fourth-order valence-electron chi connectivity index (χ4n) is 1.84. The highest BCUT2D eigenvalue weighted by Gasteiger charge is 2.06. The minimum absolute atomic E-state index is 0.0439. The zero-order chi connectivity index (χ0) is 12.7. The molecule has 0 saturated carbocycles. The van der Waals surface area contributed by atoms with Crippen molar-refractivity contribution in [1.82, 2.24) is 14.5 Å². The number of hydrogen-bond donors (Lipinski definition) is 2. The first-order valence-corrected chi connectivity index (χ1v) is 7.26. The Morgan fingerprint density at radius 2 is 2.22 bits per heavy atom. The largest absolute Gasteiger partial charge is 0.331 e. The summed E-state index contributed by atoms with van der Waals surface area (Å²) in [5.41, 5.74) is 2.86. The van der Waals surface area contributed by atoms with Crippen LogP contribution in [0.25, 0.3) is 11.0 Å². The third-order valence-electron chi connectivity index (χ3n) is 2.64. The zero-order valence-electron chi connectivity index (χ0n) is 9.07. The molecule has 0 amide bonds. The van der Waals surface area contributed by atoms with E-state index in [0.717, 1.165) is 32.5 Å². The van der Waals surface area contributed by atoms with Gasteiger partial charge in [-0.25, -0.2) is 0 Å². The topological polar surface area (TPSA) is 53.6 Å². The van der Waals surface area contributed by atoms with Crippen LogP contribution in [0, 0.1) is 4.77 Å². The summed E-state index contributed by atoms with van der Waals surface area (Å²) in [4.78, 5) is 17.0. The molecule has 7 heteroatoms. The molecule has 2 aromatic heterocycles. The van der Waals surface area contributed by atoms with E-state index in [-0.39, 0.29) is 4.87 Å². The van der Waals surface area contributed by atoms with Crippen molar-refractivity contribution in [3.63, 3.8) is 0 Å². The van der Waals surface area contributed by atoms with E-state index in [9.17, 15) is 4.79 Å². The molecule has 0 spiro atoms. The molecule has 0 radical (unpaired) electrons. The first-order chi connectivity index (χ1) is 8.63. The minimum Gasteiger partial charge on any atom is -0.331 e. The number of aromatic amines is 2. The summed E-state index contributed by atoms with van der Waals surface area (Å²) in [5, 5.41) is 1.82. The van der Waals surface area contributed by atoms with Crippen LogP contribution in [-0.4, -0.2) is 14.5 Å². The molecule has 0 saturated heterocycles. The van der Waals surface area contributed by atoms with Gasteiger partial charge < -0.3 is 14.5 Å². The van der Waals surface area contributed by atoms with E-state index in [4.69, 9.17) is 12.2 Å². The van der Waals surface area contributed by atoms with Crippen LogP contribution in [0.1, 0.15) is 5.69 Å². The van der Waals surface area contributed by atoms with Crippen molar-refractivity contribution in [2.75, 3.05) is 0 Å². The molecule has 1 aromatic carbocycles. The molecule has 0 aliphatic carbocycles. The molecule has 18 heavy (non-hydrogen) atoms. The third kappa shape index (κ3) is 2.09. The molecular formula is C11H8BrN3OS2. The van der Waals surface area contributed by atoms with Crippen molar-refractivity contribution in [3.8, 4) is 0 Å². The molecule has 2 heterocycles. The fraction of sp³-hybridized carbons (Fsp3) is 0.0909. The molecule has 0 unspecified atom stereocenters. The van der Waals surface area contributed by atoms with Crippen LogP contribution in [0.3, 0.4) is 0 Å². The lowest BCUT2D eigenvalue weighted by Crippen LogP contribution is -2.02. The Labute approximate surface area is 119 Å². The van der Waals surface area contributed by atoms with Gasteiger partial charge in [-0.1, -0.05) is 27.3 Å². The van der Waals surface area contributed by atoms with Crippen molar-refractivity contribution in [1.29, 1.82) is 0 Å². The molecule has 0 fully saturated rings. The van der Waals surface area contributed by atoms with Gasteiger partial charge in [0.25, 0.3) is 0 Å². The van der Waals surface area contributed by atoms with E-state index >= 15 is 0 Å². The summed E-state index contributed by atoms with van der Waals surface area (Å²) in [6.45, 7) is 0.564. The number of fused-ring (bicyclic) bond motifs is 1. The summed E-state index contributed by atoms with van der Waals surface area (Å²) in [6.07, 6.45) is 0. The number of H-pyrrole nitrogens is 2. The predicted octanol–water partition coefficient (Wildman–Crippen LogP) is 3.26. The lowest BCUT2D eigenvalue weighted by molar-refractivity contribution is 0.789. The van der Waals surface area contributed by atoms with E-state index in [1.165, 1.54) is 0 Å². The smallest absolute Gasteiger partial charge is 0.304 e. The van der Waals surface area contributed by atoms with Crippen LogP contribution in [-0.2, 0) is 6.54 Å². The van der Waals surface area contributed by atoms with Gasteiger partial charge in [-0.15, -0.1) is 0 Å². The van der Waals surface area contributed by atoms with Gasteiger partial charge in [0.2, 0.25) is 0 Å². The van der Waals surface area contributed by atoms with Crippen molar-refractivity contribution >= 4 is 50.5 Å². The second-order valence-corrected chi connectivity index (χ2v) is 6.00. The first kappa shape index (κ1) is 11.9. The normalized spacial score (nSPS) is 11.2. The first-order valence-electron chi connectivity index (χ1n) is 5.18. The molecule has 0 aliphatic heterocycles. The molecule has 3 rings (SSSR count). The lowest BCUT2D eigenvalue weighted by atomic mass is 10.3. The minimum atomic E-state index is -0.0439. The third-order valence-corrected chi connectivity index (χ3v) is 4.17. The van der Waals surface area contributed by atoms with E-state index < -0.39 is 0 Å². The maximum absolute atomic E-state index is 11.1. The number of hydrogen-bond acceptors (Lipinski definition) is 3. The molecule has 92 valence electrons. The van der Waals surface area contributed by atoms with Crippen molar-refractivity contribution < 1.29 is 0 Å². The molecule has 0 atom stereocenters. The van der Waals surface area contributed by atoms with Crippen molar-refractivity contribution in [3.05, 3.63) is 48.2 Å². The van der Waals surface area contributed by atoms with E-state index in [0.29, 0.717) is 11.3 Å². The Bertz CT molecular complexity index is 827. The van der Waals surface area contributed by atoms with Gasteiger partial charge in [-0.3, -0.25) is 4.79 Å². The Hall–Kier alpha value is -1.18. The summed E-state index contributed by atoms with van der Waals surface area (Å²) >= 11 is 9.92. The highest BCUT2D eigenvalue weighted by Crippen LogP contribution is 2.20. The highest BCUT2D eigenvalue weighted by atomic mass is 79.9. The lowest BCUT2D eigenvalue weighted by Gasteiger charge is -2.02. The predicted molar refractivity (Wildman–Crippen MR) is 78.9 cm³/mol. The molecular weight excluding hydrogens is 334 g/mol. The second kappa shape index (κ2) is 4.49. The van der Waals surface area contributed by atoms with Crippen LogP contribution in [0.2, 0.25) is 0 Å². The van der Waals surface area contributed by atoms with E-state index in [2.05, 4.69) is 25.9 Å². The van der Waals surface area contributed by atoms with E-state index in [1.54, 1.807) is 0 Å². The Kier molecular flexibility index (Phi) is 2.96. The van der Waals surface area contributed by atoms with Gasteiger partial charge in [0, 0.05) is 15.5 Å². The Morgan fingerprint density at radius 3 is 2.94 bits per heavy atom. The number of nitrogens with zero attached hydrogens (tertiary/aromatic N) is 1. The molecule has 0 aliphatic rings. The van der Waals surface area contributed by atoms with Gasteiger partial charge in [0.15, 0.2) is 4.77 Å². The van der Waals surface area contributed by atoms with E-state index in [1.807, 2.05) is 28.1 Å². The van der Waals surface area contributed by atoms with Gasteiger partial charge in [-0.2, -0.15) is 0 Å². The average Bonchev–Trinajstić information content (AvgIpc) is 2.86. The highest BCUT2D eigenvalue weighted by molar-refractivity contribution is 9.10. The monoisotopic (exact) mass is 341 g/mol. The van der Waals surface area contributed by atoms with Gasteiger partial charge in [0.05, 0.1) is 17.6 Å². The Balaban J connectivity index is 2.16. The Morgan fingerprint density at radius 1 is 1.39 bits per heavy atom. The molecule has 2 N–H and O–H groups in total. The number of rotatable bonds is 2. The second-order valence-electron chi connectivity index (χ2n) is 3.85. The van der Waals surface area contributed by atoms with Gasteiger partial charge in [-0.05, 0) is 30.4 Å². The molecule has 0 bridgehead atoms. The van der Waals surface area contributed by atoms with Crippen molar-refractivity contribution in [2.45, 2.75) is 6.54 Å². The van der Waals surface area contributed by atoms with Crippen LogP contribution in [0.15, 0.2) is 32.8 Å². The van der Waals surface area contributed by atoms with Crippen LogP contribution >= 0.6 is 39.5 Å². The number of aromatic nitrogens is 3. The number of imidazole rings is 1. The summed E-state index contributed by atoms with van der Waals surface area (Å²) in [6, 6.07) is 5.94. The zero-order valence-corrected chi connectivity index (χ0v) is 12.3. The molecule has 4 nitrogen and oxygen atoms in total. The standard InChI is InChI=1S/C11H8BrN3OS2/c12-6-1-2-8-9(3-6)15(10(17)14-8)4-7-5-18-11(16)13-7/h1-3,5H,4H2,(H,13,16)(H,14,17). The summed E-state index contributed by atoms with van der Waals surface area (Å²) < 4.78 is 3.61. The maximum Gasteiger partial charge on any atom is 0.304 e. The van der Waals surface area contributed by atoms with Crippen LogP contribution in [0.4, 0.5) is 0 Å². The number of nitrogens with one attached hydrogen (secondary N) is 2. The average molecular weight is 342 g/mol. The SMILES string of the molecule is O=c1[nH]c(Cn2c(=S)[nH]c3ccc(Br)cc32)cs1. The number of thiazole rings is 1.